The monoisotopic (exact) mass is 334 g/mol. The summed E-state index contributed by atoms with van der Waals surface area (Å²) in [7, 11) is 1.74. The van der Waals surface area contributed by atoms with Gasteiger partial charge in [-0.2, -0.15) is 0 Å². The quantitative estimate of drug-likeness (QED) is 0.591. The van der Waals surface area contributed by atoms with Crippen molar-refractivity contribution in [1.82, 2.24) is 19.5 Å². The molecule has 6 heteroatoms. The van der Waals surface area contributed by atoms with Crippen molar-refractivity contribution in [2.45, 2.75) is 19.8 Å². The Balaban J connectivity index is 2.01. The lowest BCUT2D eigenvalue weighted by Gasteiger charge is -2.09. The predicted octanol–water partition coefficient (Wildman–Crippen LogP) is 2.89. The topological polar surface area (TPSA) is 83.5 Å². The van der Waals surface area contributed by atoms with Gasteiger partial charge in [0.2, 0.25) is 0 Å². The Kier molecular flexibility index (Phi) is 3.35. The SMILES string of the molecule is CC(C)c1nc2cc(-c3cn(C)c(=O)c4[nH]ccc34)ccc2[nH]c1=O. The van der Waals surface area contributed by atoms with Gasteiger partial charge in [0.05, 0.1) is 11.0 Å². The smallest absolute Gasteiger partial charge is 0.274 e. The Morgan fingerprint density at radius 2 is 1.96 bits per heavy atom. The molecule has 0 atom stereocenters. The van der Waals surface area contributed by atoms with Crippen molar-refractivity contribution in [3.8, 4) is 11.1 Å². The van der Waals surface area contributed by atoms with Gasteiger partial charge in [-0.05, 0) is 23.8 Å². The molecule has 6 nitrogen and oxygen atoms in total. The normalized spacial score (nSPS) is 11.7. The molecule has 0 fully saturated rings. The highest BCUT2D eigenvalue weighted by Gasteiger charge is 2.13. The van der Waals surface area contributed by atoms with Crippen LogP contribution in [0.15, 0.2) is 46.2 Å². The van der Waals surface area contributed by atoms with Crippen LogP contribution in [-0.4, -0.2) is 19.5 Å². The first-order chi connectivity index (χ1) is 12.0. The van der Waals surface area contributed by atoms with Crippen LogP contribution in [0.3, 0.4) is 0 Å². The molecule has 3 heterocycles. The lowest BCUT2D eigenvalue weighted by Crippen LogP contribution is -2.17. The molecule has 0 unspecified atom stereocenters. The number of aryl methyl sites for hydroxylation is 1. The lowest BCUT2D eigenvalue weighted by atomic mass is 10.0. The van der Waals surface area contributed by atoms with Crippen molar-refractivity contribution in [3.63, 3.8) is 0 Å². The highest BCUT2D eigenvalue weighted by atomic mass is 16.1. The standard InChI is InChI=1S/C19H18N4O2/c1-10(2)16-18(24)22-14-5-4-11(8-15(14)21-16)13-9-23(3)19(25)17-12(13)6-7-20-17/h4-10,20H,1-3H3,(H,22,24). The molecule has 1 aromatic carbocycles. The van der Waals surface area contributed by atoms with Crippen molar-refractivity contribution >= 4 is 21.9 Å². The van der Waals surface area contributed by atoms with Crippen molar-refractivity contribution in [3.05, 3.63) is 63.1 Å². The third-order valence-corrected chi connectivity index (χ3v) is 4.47. The molecule has 126 valence electrons. The first kappa shape index (κ1) is 15.4. The fourth-order valence-electron chi connectivity index (χ4n) is 3.15. The van der Waals surface area contributed by atoms with Crippen molar-refractivity contribution in [1.29, 1.82) is 0 Å². The molecule has 0 amide bonds. The van der Waals surface area contributed by atoms with Gasteiger partial charge in [0.25, 0.3) is 11.1 Å². The van der Waals surface area contributed by atoms with Crippen LogP contribution in [-0.2, 0) is 7.05 Å². The van der Waals surface area contributed by atoms with Gasteiger partial charge in [0, 0.05) is 36.3 Å². The minimum Gasteiger partial charge on any atom is -0.357 e. The second-order valence-electron chi connectivity index (χ2n) is 6.56. The molecule has 0 spiro atoms. The molecule has 0 aliphatic heterocycles. The molecule has 0 saturated carbocycles. The summed E-state index contributed by atoms with van der Waals surface area (Å²) < 4.78 is 1.57. The van der Waals surface area contributed by atoms with E-state index in [1.54, 1.807) is 17.8 Å². The Morgan fingerprint density at radius 3 is 2.72 bits per heavy atom. The maximum absolute atomic E-state index is 12.2. The van der Waals surface area contributed by atoms with Crippen LogP contribution in [0.5, 0.6) is 0 Å². The average Bonchev–Trinajstić information content (AvgIpc) is 3.07. The zero-order valence-corrected chi connectivity index (χ0v) is 14.3. The van der Waals surface area contributed by atoms with Crippen LogP contribution in [0.1, 0.15) is 25.5 Å². The summed E-state index contributed by atoms with van der Waals surface area (Å²) in [6.45, 7) is 3.90. The number of fused-ring (bicyclic) bond motifs is 2. The van der Waals surface area contributed by atoms with Gasteiger partial charge in [-0.1, -0.05) is 19.9 Å². The van der Waals surface area contributed by atoms with E-state index >= 15 is 0 Å². The summed E-state index contributed by atoms with van der Waals surface area (Å²) in [4.78, 5) is 34.8. The lowest BCUT2D eigenvalue weighted by molar-refractivity contribution is 0.807. The summed E-state index contributed by atoms with van der Waals surface area (Å²) in [5.41, 5.74) is 4.22. The highest BCUT2D eigenvalue weighted by Crippen LogP contribution is 2.28. The van der Waals surface area contributed by atoms with E-state index in [9.17, 15) is 9.59 Å². The first-order valence-electron chi connectivity index (χ1n) is 8.17. The van der Waals surface area contributed by atoms with Crippen LogP contribution < -0.4 is 11.1 Å². The number of hydrogen-bond donors (Lipinski definition) is 2. The number of nitrogens with zero attached hydrogens (tertiary/aromatic N) is 2. The van der Waals surface area contributed by atoms with E-state index in [1.165, 1.54) is 0 Å². The predicted molar refractivity (Wildman–Crippen MR) is 99.0 cm³/mol. The van der Waals surface area contributed by atoms with Gasteiger partial charge in [0.1, 0.15) is 11.2 Å². The molecule has 25 heavy (non-hydrogen) atoms. The van der Waals surface area contributed by atoms with Gasteiger partial charge in [0.15, 0.2) is 0 Å². The number of aromatic nitrogens is 4. The van der Waals surface area contributed by atoms with Crippen LogP contribution in [0.4, 0.5) is 0 Å². The van der Waals surface area contributed by atoms with Crippen LogP contribution >= 0.6 is 0 Å². The second-order valence-corrected chi connectivity index (χ2v) is 6.56. The number of pyridine rings is 1. The zero-order valence-electron chi connectivity index (χ0n) is 14.3. The Labute approximate surface area is 143 Å². The Hall–Kier alpha value is -3.15. The summed E-state index contributed by atoms with van der Waals surface area (Å²) in [5.74, 6) is 0.0470. The Morgan fingerprint density at radius 1 is 1.16 bits per heavy atom. The van der Waals surface area contributed by atoms with E-state index in [1.807, 2.05) is 44.3 Å². The highest BCUT2D eigenvalue weighted by molar-refractivity contribution is 5.96. The number of hydrogen-bond acceptors (Lipinski definition) is 3. The maximum atomic E-state index is 12.2. The summed E-state index contributed by atoms with van der Waals surface area (Å²) in [5, 5.41) is 0.871. The van der Waals surface area contributed by atoms with E-state index < -0.39 is 0 Å². The van der Waals surface area contributed by atoms with Gasteiger partial charge < -0.3 is 14.5 Å². The van der Waals surface area contributed by atoms with E-state index in [2.05, 4.69) is 15.0 Å². The number of H-pyrrole nitrogens is 2. The Bertz CT molecular complexity index is 1230. The molecule has 4 aromatic rings. The summed E-state index contributed by atoms with van der Waals surface area (Å²) >= 11 is 0. The van der Waals surface area contributed by atoms with Gasteiger partial charge >= 0.3 is 0 Å². The third-order valence-electron chi connectivity index (χ3n) is 4.47. The molecule has 0 aliphatic rings. The van der Waals surface area contributed by atoms with Crippen molar-refractivity contribution in [2.24, 2.45) is 7.05 Å². The van der Waals surface area contributed by atoms with E-state index in [4.69, 9.17) is 0 Å². The van der Waals surface area contributed by atoms with E-state index in [0.29, 0.717) is 16.7 Å². The fraction of sp³-hybridized carbons (Fsp3) is 0.211. The van der Waals surface area contributed by atoms with Crippen molar-refractivity contribution < 1.29 is 0 Å². The summed E-state index contributed by atoms with van der Waals surface area (Å²) in [6, 6.07) is 7.63. The largest absolute Gasteiger partial charge is 0.357 e. The van der Waals surface area contributed by atoms with Gasteiger partial charge in [-0.3, -0.25) is 9.59 Å². The first-order valence-corrected chi connectivity index (χ1v) is 8.17. The maximum Gasteiger partial charge on any atom is 0.274 e. The van der Waals surface area contributed by atoms with Crippen LogP contribution in [0, 0.1) is 0 Å². The van der Waals surface area contributed by atoms with E-state index in [0.717, 1.165) is 22.0 Å². The van der Waals surface area contributed by atoms with Crippen LogP contribution in [0.2, 0.25) is 0 Å². The minimum atomic E-state index is -0.148. The van der Waals surface area contributed by atoms with E-state index in [-0.39, 0.29) is 17.0 Å². The number of nitrogens with one attached hydrogen (secondary N) is 2. The molecule has 0 radical (unpaired) electrons. The fourth-order valence-corrected chi connectivity index (χ4v) is 3.15. The second kappa shape index (κ2) is 5.44. The average molecular weight is 334 g/mol. The number of rotatable bonds is 2. The zero-order chi connectivity index (χ0) is 17.7. The van der Waals surface area contributed by atoms with Gasteiger partial charge in [-0.25, -0.2) is 4.98 Å². The molecule has 0 saturated heterocycles. The van der Waals surface area contributed by atoms with Gasteiger partial charge in [-0.15, -0.1) is 0 Å². The molecule has 0 aliphatic carbocycles. The summed E-state index contributed by atoms with van der Waals surface area (Å²) in [6.07, 6.45) is 3.60. The third kappa shape index (κ3) is 2.38. The molecule has 3 aromatic heterocycles. The van der Waals surface area contributed by atoms with Crippen LogP contribution in [0.25, 0.3) is 33.1 Å². The molecule has 0 bridgehead atoms. The molecule has 2 N–H and O–H groups in total. The molecule has 4 rings (SSSR count). The molecular formula is C19H18N4O2. The number of benzene rings is 1. The molecular weight excluding hydrogens is 316 g/mol. The number of aromatic amines is 2. The van der Waals surface area contributed by atoms with Crippen molar-refractivity contribution in [2.75, 3.05) is 0 Å². The minimum absolute atomic E-state index is 0.0470.